The van der Waals surface area contributed by atoms with Crippen LogP contribution in [0.1, 0.15) is 38.8 Å². The van der Waals surface area contributed by atoms with Crippen molar-refractivity contribution in [1.82, 2.24) is 14.9 Å². The molecule has 0 aliphatic rings. The van der Waals surface area contributed by atoms with Gasteiger partial charge in [-0.3, -0.25) is 19.1 Å². The van der Waals surface area contributed by atoms with Crippen LogP contribution in [-0.2, 0) is 17.9 Å². The Morgan fingerprint density at radius 3 is 2.43 bits per heavy atom. The Balaban J connectivity index is 2.29. The van der Waals surface area contributed by atoms with E-state index in [1.165, 1.54) is 4.57 Å². The number of nitrogens with one attached hydrogen (secondary N) is 2. The van der Waals surface area contributed by atoms with Gasteiger partial charge in [-0.2, -0.15) is 0 Å². The van der Waals surface area contributed by atoms with Crippen LogP contribution in [0.5, 0.6) is 0 Å². The molecule has 0 bridgehead atoms. The van der Waals surface area contributed by atoms with Crippen LogP contribution >= 0.6 is 0 Å². The van der Waals surface area contributed by atoms with Gasteiger partial charge in [0.1, 0.15) is 11.5 Å². The van der Waals surface area contributed by atoms with Gasteiger partial charge in [-0.1, -0.05) is 52.0 Å². The molecule has 0 saturated carbocycles. The fraction of sp³-hybridized carbons (Fsp3) is 0.500. The molecule has 0 radical (unpaired) electrons. The van der Waals surface area contributed by atoms with E-state index in [1.807, 2.05) is 58.9 Å². The number of benzene rings is 1. The van der Waals surface area contributed by atoms with E-state index in [2.05, 4.69) is 10.3 Å². The molecular formula is C22H33N5O3. The first-order valence-electron chi connectivity index (χ1n) is 10.3. The number of aromatic nitrogens is 2. The van der Waals surface area contributed by atoms with Gasteiger partial charge < -0.3 is 16.0 Å². The SMILES string of the molecule is Cc1ccccc1CNC(=O)CN(CC(C)C)c1c(N)n(CC(C)C)c(=O)[nH]c1=O. The van der Waals surface area contributed by atoms with E-state index >= 15 is 0 Å². The average Bonchev–Trinajstić information content (AvgIpc) is 2.63. The summed E-state index contributed by atoms with van der Waals surface area (Å²) in [7, 11) is 0. The molecule has 1 amide bonds. The third-order valence-corrected chi connectivity index (χ3v) is 4.74. The maximum Gasteiger partial charge on any atom is 0.330 e. The number of amides is 1. The number of hydrogen-bond donors (Lipinski definition) is 3. The molecule has 0 fully saturated rings. The fourth-order valence-electron chi connectivity index (χ4n) is 3.34. The van der Waals surface area contributed by atoms with E-state index in [0.29, 0.717) is 19.6 Å². The zero-order valence-corrected chi connectivity index (χ0v) is 18.5. The van der Waals surface area contributed by atoms with Crippen LogP contribution in [0.4, 0.5) is 11.5 Å². The van der Waals surface area contributed by atoms with Crippen LogP contribution in [0.2, 0.25) is 0 Å². The molecule has 1 aromatic heterocycles. The summed E-state index contributed by atoms with van der Waals surface area (Å²) in [6, 6.07) is 7.83. The number of anilines is 2. The lowest BCUT2D eigenvalue weighted by atomic mass is 10.1. The maximum absolute atomic E-state index is 12.7. The van der Waals surface area contributed by atoms with Gasteiger partial charge in [-0.15, -0.1) is 0 Å². The monoisotopic (exact) mass is 415 g/mol. The highest BCUT2D eigenvalue weighted by Crippen LogP contribution is 2.19. The maximum atomic E-state index is 12.7. The summed E-state index contributed by atoms with van der Waals surface area (Å²) in [6.07, 6.45) is 0. The molecule has 8 nitrogen and oxygen atoms in total. The molecule has 164 valence electrons. The summed E-state index contributed by atoms with van der Waals surface area (Å²) in [6.45, 7) is 11.1. The van der Waals surface area contributed by atoms with Crippen molar-refractivity contribution in [2.24, 2.45) is 11.8 Å². The Hall–Kier alpha value is -3.03. The van der Waals surface area contributed by atoms with Crippen molar-refractivity contribution < 1.29 is 4.79 Å². The number of rotatable bonds is 9. The number of H-pyrrole nitrogens is 1. The summed E-state index contributed by atoms with van der Waals surface area (Å²) in [5, 5.41) is 2.91. The van der Waals surface area contributed by atoms with Crippen LogP contribution in [-0.4, -0.2) is 28.5 Å². The van der Waals surface area contributed by atoms with Gasteiger partial charge in [-0.05, 0) is 29.9 Å². The van der Waals surface area contributed by atoms with Crippen molar-refractivity contribution in [2.75, 3.05) is 23.7 Å². The van der Waals surface area contributed by atoms with E-state index in [4.69, 9.17) is 5.73 Å². The molecule has 0 aliphatic carbocycles. The number of carbonyl (C=O) groups excluding carboxylic acids is 1. The van der Waals surface area contributed by atoms with Gasteiger partial charge in [0, 0.05) is 19.6 Å². The van der Waals surface area contributed by atoms with E-state index < -0.39 is 11.2 Å². The number of aryl methyl sites for hydroxylation is 1. The zero-order valence-electron chi connectivity index (χ0n) is 18.5. The van der Waals surface area contributed by atoms with Crippen LogP contribution in [0.25, 0.3) is 0 Å². The lowest BCUT2D eigenvalue weighted by Gasteiger charge is -2.27. The van der Waals surface area contributed by atoms with Gasteiger partial charge in [0.2, 0.25) is 5.91 Å². The van der Waals surface area contributed by atoms with Gasteiger partial charge >= 0.3 is 5.69 Å². The van der Waals surface area contributed by atoms with Crippen molar-refractivity contribution in [2.45, 2.75) is 47.7 Å². The summed E-state index contributed by atoms with van der Waals surface area (Å²) >= 11 is 0. The van der Waals surface area contributed by atoms with Crippen molar-refractivity contribution in [3.8, 4) is 0 Å². The Kier molecular flexibility index (Phi) is 7.86. The molecule has 0 saturated heterocycles. The number of nitrogens with two attached hydrogens (primary N) is 1. The molecule has 1 aromatic carbocycles. The molecule has 0 unspecified atom stereocenters. The van der Waals surface area contributed by atoms with E-state index in [-0.39, 0.29) is 35.8 Å². The third kappa shape index (κ3) is 5.98. The predicted molar refractivity (Wildman–Crippen MR) is 121 cm³/mol. The third-order valence-electron chi connectivity index (χ3n) is 4.74. The fourth-order valence-corrected chi connectivity index (χ4v) is 3.34. The molecule has 0 atom stereocenters. The number of nitrogen functional groups attached to an aromatic ring is 1. The normalized spacial score (nSPS) is 11.2. The van der Waals surface area contributed by atoms with Crippen LogP contribution in [0.3, 0.4) is 0 Å². The molecule has 2 aromatic rings. The van der Waals surface area contributed by atoms with Gasteiger partial charge in [0.25, 0.3) is 5.56 Å². The summed E-state index contributed by atoms with van der Waals surface area (Å²) in [5.41, 5.74) is 7.41. The van der Waals surface area contributed by atoms with Gasteiger partial charge in [0.05, 0.1) is 6.54 Å². The highest BCUT2D eigenvalue weighted by Gasteiger charge is 2.22. The highest BCUT2D eigenvalue weighted by atomic mass is 16.2. The number of nitrogens with zero attached hydrogens (tertiary/aromatic N) is 2. The molecule has 0 spiro atoms. The van der Waals surface area contributed by atoms with E-state index in [9.17, 15) is 14.4 Å². The smallest absolute Gasteiger partial charge is 0.330 e. The Labute approximate surface area is 177 Å². The molecule has 0 aliphatic heterocycles. The molecular weight excluding hydrogens is 382 g/mol. The average molecular weight is 416 g/mol. The number of aromatic amines is 1. The predicted octanol–water partition coefficient (Wildman–Crippen LogP) is 1.86. The second-order valence-corrected chi connectivity index (χ2v) is 8.48. The minimum absolute atomic E-state index is 0.0305. The lowest BCUT2D eigenvalue weighted by Crippen LogP contribution is -2.44. The molecule has 1 heterocycles. The first kappa shape index (κ1) is 23.3. The molecule has 2 rings (SSSR count). The van der Waals surface area contributed by atoms with Crippen molar-refractivity contribution >= 4 is 17.4 Å². The lowest BCUT2D eigenvalue weighted by molar-refractivity contribution is -0.119. The molecule has 8 heteroatoms. The molecule has 30 heavy (non-hydrogen) atoms. The summed E-state index contributed by atoms with van der Waals surface area (Å²) in [4.78, 5) is 41.5. The van der Waals surface area contributed by atoms with Crippen molar-refractivity contribution in [3.05, 3.63) is 56.2 Å². The minimum atomic E-state index is -0.579. The number of carbonyl (C=O) groups is 1. The van der Waals surface area contributed by atoms with Crippen LogP contribution < -0.4 is 27.2 Å². The quantitative estimate of drug-likeness (QED) is 0.579. The Morgan fingerprint density at radius 1 is 1.17 bits per heavy atom. The van der Waals surface area contributed by atoms with E-state index in [0.717, 1.165) is 11.1 Å². The Bertz CT molecular complexity index is 991. The zero-order chi connectivity index (χ0) is 22.4. The summed E-state index contributed by atoms with van der Waals surface area (Å²) < 4.78 is 1.36. The van der Waals surface area contributed by atoms with Crippen molar-refractivity contribution in [1.29, 1.82) is 0 Å². The largest absolute Gasteiger partial charge is 0.383 e. The standard InChI is InChI=1S/C22H33N5O3/c1-14(2)11-26(13-18(28)24-10-17-9-7-6-8-16(17)5)19-20(23)27(12-15(3)4)22(30)25-21(19)29/h6-9,14-15H,10-13,23H2,1-5H3,(H,24,28)(H,25,29,30). The second-order valence-electron chi connectivity index (χ2n) is 8.48. The van der Waals surface area contributed by atoms with Gasteiger partial charge in [0.15, 0.2) is 0 Å². The second kappa shape index (κ2) is 10.1. The topological polar surface area (TPSA) is 113 Å². The minimum Gasteiger partial charge on any atom is -0.383 e. The van der Waals surface area contributed by atoms with Crippen LogP contribution in [0, 0.1) is 18.8 Å². The van der Waals surface area contributed by atoms with Crippen LogP contribution in [0.15, 0.2) is 33.9 Å². The van der Waals surface area contributed by atoms with Crippen molar-refractivity contribution in [3.63, 3.8) is 0 Å². The van der Waals surface area contributed by atoms with Gasteiger partial charge in [-0.25, -0.2) is 4.79 Å². The number of hydrogen-bond acceptors (Lipinski definition) is 5. The molecule has 4 N–H and O–H groups in total. The summed E-state index contributed by atoms with van der Waals surface area (Å²) in [5.74, 6) is 0.210. The first-order chi connectivity index (χ1) is 14.1. The van der Waals surface area contributed by atoms with E-state index in [1.54, 1.807) is 4.90 Å². The Morgan fingerprint density at radius 2 is 1.83 bits per heavy atom. The highest BCUT2D eigenvalue weighted by molar-refractivity contribution is 5.82. The first-order valence-corrected chi connectivity index (χ1v) is 10.3.